The Balaban J connectivity index is 1.59. The van der Waals surface area contributed by atoms with Gasteiger partial charge in [-0.3, -0.25) is 0 Å². The van der Waals surface area contributed by atoms with Crippen molar-refractivity contribution < 1.29 is 19.0 Å². The number of carboxylic acid groups (broad SMARTS) is 1. The van der Waals surface area contributed by atoms with Gasteiger partial charge in [-0.25, -0.2) is 18.7 Å². The van der Waals surface area contributed by atoms with Gasteiger partial charge in [-0.2, -0.15) is 5.10 Å². The zero-order chi connectivity index (χ0) is 28.8. The highest BCUT2D eigenvalue weighted by molar-refractivity contribution is 7.15. The van der Waals surface area contributed by atoms with Gasteiger partial charge in [-0.15, -0.1) is 11.3 Å². The van der Waals surface area contributed by atoms with E-state index in [1.807, 2.05) is 50.7 Å². The molecule has 0 bridgehead atoms. The number of benzene rings is 1. The fraction of sp³-hybridized carbons (Fsp3) is 0.452. The molecule has 1 N–H and O–H groups in total. The number of hydrogen-bond acceptors (Lipinski definition) is 6. The topological polar surface area (TPSA) is 80.0 Å². The molecule has 1 atom stereocenters. The Morgan fingerprint density at radius 2 is 1.88 bits per heavy atom. The van der Waals surface area contributed by atoms with Crippen LogP contribution in [0.25, 0.3) is 16.2 Å². The average Bonchev–Trinajstić information content (AvgIpc) is 3.50. The third-order valence-electron chi connectivity index (χ3n) is 7.43. The monoisotopic (exact) mass is 564 g/mol. The van der Waals surface area contributed by atoms with Crippen LogP contribution in [0, 0.1) is 18.2 Å². The maximum atomic E-state index is 13.3. The Labute approximate surface area is 238 Å². The Hall–Kier alpha value is -3.30. The number of nitrogens with zero attached hydrogens (tertiary/aromatic N) is 4. The highest BCUT2D eigenvalue weighted by Crippen LogP contribution is 2.42. The Morgan fingerprint density at radius 1 is 1.20 bits per heavy atom. The predicted molar refractivity (Wildman–Crippen MR) is 157 cm³/mol. The molecule has 1 unspecified atom stereocenters. The van der Waals surface area contributed by atoms with Crippen molar-refractivity contribution in [3.8, 4) is 10.7 Å². The summed E-state index contributed by atoms with van der Waals surface area (Å²) in [4.78, 5) is 20.6. The van der Waals surface area contributed by atoms with Gasteiger partial charge in [0.05, 0.1) is 16.8 Å². The highest BCUT2D eigenvalue weighted by Gasteiger charge is 2.35. The van der Waals surface area contributed by atoms with Crippen LogP contribution in [0.4, 0.5) is 10.1 Å². The van der Waals surface area contributed by atoms with Gasteiger partial charge in [0.2, 0.25) is 0 Å². The number of ether oxygens (including phenoxy) is 1. The summed E-state index contributed by atoms with van der Waals surface area (Å²) in [5.41, 5.74) is 4.54. The van der Waals surface area contributed by atoms with E-state index < -0.39 is 17.7 Å². The number of rotatable bonds is 7. The lowest BCUT2D eigenvalue weighted by molar-refractivity contribution is -0.160. The average molecular weight is 565 g/mol. The van der Waals surface area contributed by atoms with E-state index in [2.05, 4.69) is 23.7 Å². The van der Waals surface area contributed by atoms with Crippen molar-refractivity contribution >= 4 is 28.5 Å². The molecule has 4 aromatic rings. The largest absolute Gasteiger partial charge is 0.479 e. The number of anilines is 1. The fourth-order valence-corrected chi connectivity index (χ4v) is 6.15. The molecule has 0 spiro atoms. The lowest BCUT2D eigenvalue weighted by Crippen LogP contribution is -2.39. The number of aryl methyl sites for hydroxylation is 1. The number of thiazole rings is 1. The van der Waals surface area contributed by atoms with Gasteiger partial charge in [0.1, 0.15) is 16.5 Å². The number of carbonyl (C=O) groups is 1. The number of carboxylic acids is 1. The summed E-state index contributed by atoms with van der Waals surface area (Å²) >= 11 is 1.56. The molecule has 0 saturated carbocycles. The summed E-state index contributed by atoms with van der Waals surface area (Å²) in [7, 11) is 0. The molecule has 5 rings (SSSR count). The highest BCUT2D eigenvalue weighted by atomic mass is 32.1. The zero-order valence-electron chi connectivity index (χ0n) is 24.0. The Morgan fingerprint density at radius 3 is 2.50 bits per heavy atom. The van der Waals surface area contributed by atoms with Crippen LogP contribution in [-0.2, 0) is 16.0 Å². The van der Waals surface area contributed by atoms with Gasteiger partial charge < -0.3 is 14.7 Å². The number of hydrogen-bond donors (Lipinski definition) is 1. The minimum Gasteiger partial charge on any atom is -0.479 e. The van der Waals surface area contributed by atoms with E-state index in [-0.39, 0.29) is 11.2 Å². The van der Waals surface area contributed by atoms with Gasteiger partial charge in [-0.1, -0.05) is 26.0 Å². The molecule has 1 aromatic carbocycles. The van der Waals surface area contributed by atoms with Crippen LogP contribution in [0.3, 0.4) is 0 Å². The van der Waals surface area contributed by atoms with E-state index >= 15 is 0 Å². The minimum absolute atomic E-state index is 0.234. The van der Waals surface area contributed by atoms with E-state index in [4.69, 9.17) is 9.84 Å². The van der Waals surface area contributed by atoms with Gasteiger partial charge in [0, 0.05) is 42.3 Å². The van der Waals surface area contributed by atoms with Crippen LogP contribution in [0.15, 0.2) is 42.7 Å². The van der Waals surface area contributed by atoms with Crippen molar-refractivity contribution in [2.24, 2.45) is 5.41 Å². The van der Waals surface area contributed by atoms with Crippen molar-refractivity contribution in [3.63, 3.8) is 0 Å². The van der Waals surface area contributed by atoms with Crippen molar-refractivity contribution in [2.75, 3.05) is 18.0 Å². The number of aliphatic carboxylic acids is 1. The molecule has 1 fully saturated rings. The first-order valence-corrected chi connectivity index (χ1v) is 14.5. The molecule has 1 aliphatic heterocycles. The van der Waals surface area contributed by atoms with E-state index in [0.29, 0.717) is 12.0 Å². The SMILES string of the molecule is Cc1cn2nc(-c3ncc(Cc4ccc(F)cc4)s3)cc2c(N2CCC(C)(C)CC2)c1C(OC(C)(C)C)C(=O)O. The molecular formula is C31H37FN4O3S. The molecule has 0 radical (unpaired) electrons. The molecule has 0 aliphatic carbocycles. The summed E-state index contributed by atoms with van der Waals surface area (Å²) < 4.78 is 21.3. The van der Waals surface area contributed by atoms with Crippen molar-refractivity contribution in [1.29, 1.82) is 0 Å². The molecule has 40 heavy (non-hydrogen) atoms. The van der Waals surface area contributed by atoms with E-state index in [1.165, 1.54) is 12.1 Å². The van der Waals surface area contributed by atoms with Crippen LogP contribution < -0.4 is 4.90 Å². The smallest absolute Gasteiger partial charge is 0.337 e. The normalized spacial score (nSPS) is 16.4. The van der Waals surface area contributed by atoms with Gasteiger partial charge in [0.15, 0.2) is 6.10 Å². The minimum atomic E-state index is -1.12. The second-order valence-electron chi connectivity index (χ2n) is 12.5. The maximum Gasteiger partial charge on any atom is 0.337 e. The number of halogens is 1. The molecular weight excluding hydrogens is 527 g/mol. The fourth-order valence-electron chi connectivity index (χ4n) is 5.25. The predicted octanol–water partition coefficient (Wildman–Crippen LogP) is 7.06. The quantitative estimate of drug-likeness (QED) is 0.259. The first-order valence-electron chi connectivity index (χ1n) is 13.7. The Bertz CT molecular complexity index is 1520. The number of piperidine rings is 1. The number of fused-ring (bicyclic) bond motifs is 1. The first kappa shape index (κ1) is 28.2. The first-order chi connectivity index (χ1) is 18.8. The third kappa shape index (κ3) is 6.05. The van der Waals surface area contributed by atoms with Gasteiger partial charge in [-0.05, 0) is 75.3 Å². The Kier molecular flexibility index (Phi) is 7.48. The summed E-state index contributed by atoms with van der Waals surface area (Å²) in [6, 6.07) is 8.52. The lowest BCUT2D eigenvalue weighted by atomic mass is 9.82. The molecule has 3 aromatic heterocycles. The van der Waals surface area contributed by atoms with Crippen LogP contribution in [0.1, 0.15) is 75.1 Å². The van der Waals surface area contributed by atoms with Gasteiger partial charge in [0.25, 0.3) is 0 Å². The molecule has 9 heteroatoms. The van der Waals surface area contributed by atoms with Crippen LogP contribution >= 0.6 is 11.3 Å². The van der Waals surface area contributed by atoms with Crippen LogP contribution in [-0.4, -0.2) is 44.4 Å². The van der Waals surface area contributed by atoms with Crippen molar-refractivity contribution in [2.45, 2.75) is 72.5 Å². The number of aromatic nitrogens is 3. The molecule has 7 nitrogen and oxygen atoms in total. The summed E-state index contributed by atoms with van der Waals surface area (Å²) in [6.45, 7) is 13.8. The van der Waals surface area contributed by atoms with Crippen LogP contribution in [0.2, 0.25) is 0 Å². The second-order valence-corrected chi connectivity index (χ2v) is 13.6. The van der Waals surface area contributed by atoms with Crippen molar-refractivity contribution in [3.05, 3.63) is 70.1 Å². The van der Waals surface area contributed by atoms with E-state index in [1.54, 1.807) is 23.5 Å². The molecule has 0 amide bonds. The summed E-state index contributed by atoms with van der Waals surface area (Å²) in [5, 5.41) is 16.0. The zero-order valence-corrected chi connectivity index (χ0v) is 24.8. The van der Waals surface area contributed by atoms with Gasteiger partial charge >= 0.3 is 5.97 Å². The lowest BCUT2D eigenvalue weighted by Gasteiger charge is -2.40. The summed E-state index contributed by atoms with van der Waals surface area (Å²) in [6.07, 6.45) is 5.29. The molecule has 1 saturated heterocycles. The van der Waals surface area contributed by atoms with Crippen LogP contribution in [0.5, 0.6) is 0 Å². The summed E-state index contributed by atoms with van der Waals surface area (Å²) in [5.74, 6) is -1.26. The molecule has 1 aliphatic rings. The third-order valence-corrected chi connectivity index (χ3v) is 8.45. The number of pyridine rings is 1. The van der Waals surface area contributed by atoms with E-state index in [9.17, 15) is 14.3 Å². The van der Waals surface area contributed by atoms with Crippen molar-refractivity contribution in [1.82, 2.24) is 14.6 Å². The maximum absolute atomic E-state index is 13.3. The molecule has 212 valence electrons. The standard InChI is InChI=1S/C31H37FN4O3S/c1-19-18-36-24(16-23(34-36)28-33-17-22(40-28)15-20-7-9-21(32)10-8-20)26(35-13-11-31(5,6)12-14-35)25(19)27(29(37)38)39-30(2,3)4/h7-10,16-18,27H,11-15H2,1-6H3,(H,37,38). The van der Waals surface area contributed by atoms with E-state index in [0.717, 1.165) is 63.8 Å². The molecule has 4 heterocycles. The second kappa shape index (κ2) is 10.6.